The molecule has 0 spiro atoms. The van der Waals surface area contributed by atoms with Crippen LogP contribution in [0.25, 0.3) is 17.1 Å². The highest BCUT2D eigenvalue weighted by molar-refractivity contribution is 5.78. The lowest BCUT2D eigenvalue weighted by molar-refractivity contribution is 0.240. The van der Waals surface area contributed by atoms with Gasteiger partial charge in [-0.25, -0.2) is 9.37 Å². The molecule has 5 rings (SSSR count). The Kier molecular flexibility index (Phi) is 6.49. The maximum atomic E-state index is 13.4. The Labute approximate surface area is 194 Å². The largest absolute Gasteiger partial charge is 0.353 e. The first kappa shape index (κ1) is 21.4. The predicted molar refractivity (Wildman–Crippen MR) is 134 cm³/mol. The van der Waals surface area contributed by atoms with Gasteiger partial charge in [-0.3, -0.25) is 4.90 Å². The van der Waals surface area contributed by atoms with Crippen LogP contribution in [0.3, 0.4) is 0 Å². The van der Waals surface area contributed by atoms with Gasteiger partial charge < -0.3 is 9.88 Å². The molecule has 0 bridgehead atoms. The van der Waals surface area contributed by atoms with Crippen molar-refractivity contribution >= 4 is 23.1 Å². The Morgan fingerprint density at radius 1 is 0.909 bits per heavy atom. The number of hydrogen-bond acceptors (Lipinski definition) is 3. The highest BCUT2D eigenvalue weighted by atomic mass is 19.1. The van der Waals surface area contributed by atoms with E-state index in [1.807, 2.05) is 36.4 Å². The molecule has 0 radical (unpaired) electrons. The molecule has 33 heavy (non-hydrogen) atoms. The Morgan fingerprint density at radius 2 is 1.64 bits per heavy atom. The fraction of sp³-hybridized carbons (Fsp3) is 0.250. The molecule has 0 unspecified atom stereocenters. The van der Waals surface area contributed by atoms with Crippen LogP contribution in [0.15, 0.2) is 84.9 Å². The second kappa shape index (κ2) is 10.0. The van der Waals surface area contributed by atoms with E-state index < -0.39 is 0 Å². The smallest absolute Gasteiger partial charge is 0.204 e. The fourth-order valence-corrected chi connectivity index (χ4v) is 4.46. The average molecular weight is 441 g/mol. The van der Waals surface area contributed by atoms with Crippen molar-refractivity contribution in [3.63, 3.8) is 0 Å². The molecule has 3 aromatic carbocycles. The Hall–Kier alpha value is -3.44. The van der Waals surface area contributed by atoms with Crippen molar-refractivity contribution in [2.45, 2.75) is 25.4 Å². The zero-order valence-electron chi connectivity index (χ0n) is 18.7. The second-order valence-electron chi connectivity index (χ2n) is 8.67. The van der Waals surface area contributed by atoms with E-state index in [4.69, 9.17) is 4.98 Å². The summed E-state index contributed by atoms with van der Waals surface area (Å²) < 4.78 is 15.6. The molecule has 4 nitrogen and oxygen atoms in total. The standard InChI is InChI=1S/C28H29FN4/c29-24-14-12-23(13-15-24)21-33-27-11-5-4-10-26(27)31-28(33)30-25-16-19-32(20-17-25)18-6-9-22-7-2-1-3-8-22/h1-15,25H,16-21H2,(H,30,31)/b9-6+. The third kappa shape index (κ3) is 5.32. The van der Waals surface area contributed by atoms with E-state index in [1.165, 1.54) is 17.7 Å². The van der Waals surface area contributed by atoms with E-state index in [0.717, 1.165) is 55.0 Å². The number of piperidine rings is 1. The first-order valence-electron chi connectivity index (χ1n) is 11.6. The van der Waals surface area contributed by atoms with Crippen molar-refractivity contribution in [3.8, 4) is 0 Å². The second-order valence-corrected chi connectivity index (χ2v) is 8.67. The maximum Gasteiger partial charge on any atom is 0.204 e. The van der Waals surface area contributed by atoms with E-state index in [9.17, 15) is 4.39 Å². The normalized spacial score (nSPS) is 15.4. The highest BCUT2D eigenvalue weighted by Gasteiger charge is 2.21. The number of likely N-dealkylation sites (tertiary alicyclic amines) is 1. The number of benzene rings is 3. The highest BCUT2D eigenvalue weighted by Crippen LogP contribution is 2.24. The van der Waals surface area contributed by atoms with Gasteiger partial charge in [0.05, 0.1) is 17.6 Å². The Morgan fingerprint density at radius 3 is 2.42 bits per heavy atom. The van der Waals surface area contributed by atoms with Gasteiger partial charge in [0.25, 0.3) is 0 Å². The molecule has 1 aliphatic heterocycles. The molecule has 1 aliphatic rings. The Balaban J connectivity index is 1.23. The summed E-state index contributed by atoms with van der Waals surface area (Å²) in [7, 11) is 0. The van der Waals surface area contributed by atoms with Gasteiger partial charge >= 0.3 is 0 Å². The molecule has 168 valence electrons. The molecule has 1 saturated heterocycles. The summed E-state index contributed by atoms with van der Waals surface area (Å²) >= 11 is 0. The number of hydrogen-bond donors (Lipinski definition) is 1. The van der Waals surface area contributed by atoms with Crippen molar-refractivity contribution in [2.24, 2.45) is 0 Å². The molecule has 5 heteroatoms. The van der Waals surface area contributed by atoms with Gasteiger partial charge in [-0.2, -0.15) is 0 Å². The number of para-hydroxylation sites is 2. The van der Waals surface area contributed by atoms with Gasteiger partial charge in [0, 0.05) is 25.7 Å². The predicted octanol–water partition coefficient (Wildman–Crippen LogP) is 5.81. The molecular weight excluding hydrogens is 411 g/mol. The first-order chi connectivity index (χ1) is 16.2. The maximum absolute atomic E-state index is 13.4. The number of anilines is 1. The van der Waals surface area contributed by atoms with Gasteiger partial charge in [-0.05, 0) is 48.2 Å². The zero-order valence-corrected chi connectivity index (χ0v) is 18.7. The lowest BCUT2D eigenvalue weighted by Crippen LogP contribution is -2.39. The van der Waals surface area contributed by atoms with Crippen LogP contribution >= 0.6 is 0 Å². The molecule has 2 heterocycles. The summed E-state index contributed by atoms with van der Waals surface area (Å²) in [5.41, 5.74) is 4.37. The molecule has 1 N–H and O–H groups in total. The molecular formula is C28H29FN4. The van der Waals surface area contributed by atoms with Crippen molar-refractivity contribution < 1.29 is 4.39 Å². The van der Waals surface area contributed by atoms with E-state index in [0.29, 0.717) is 12.6 Å². The van der Waals surface area contributed by atoms with Crippen LogP contribution in [0.1, 0.15) is 24.0 Å². The molecule has 1 fully saturated rings. The van der Waals surface area contributed by atoms with E-state index in [1.54, 1.807) is 0 Å². The number of nitrogens with zero attached hydrogens (tertiary/aromatic N) is 3. The van der Waals surface area contributed by atoms with Gasteiger partial charge in [-0.1, -0.05) is 66.7 Å². The number of fused-ring (bicyclic) bond motifs is 1. The van der Waals surface area contributed by atoms with Crippen LogP contribution in [0, 0.1) is 5.82 Å². The summed E-state index contributed by atoms with van der Waals surface area (Å²) in [6.07, 6.45) is 6.62. The quantitative estimate of drug-likeness (QED) is 0.393. The number of aromatic nitrogens is 2. The molecule has 0 atom stereocenters. The van der Waals surface area contributed by atoms with E-state index in [-0.39, 0.29) is 5.82 Å². The van der Waals surface area contributed by atoms with Crippen LogP contribution < -0.4 is 5.32 Å². The van der Waals surface area contributed by atoms with Crippen molar-refractivity contribution in [2.75, 3.05) is 25.0 Å². The lowest BCUT2D eigenvalue weighted by Gasteiger charge is -2.32. The van der Waals surface area contributed by atoms with Crippen LogP contribution in [0.5, 0.6) is 0 Å². The summed E-state index contributed by atoms with van der Waals surface area (Å²) in [5, 5.41) is 3.71. The minimum absolute atomic E-state index is 0.210. The van der Waals surface area contributed by atoms with Crippen LogP contribution in [0.4, 0.5) is 10.3 Å². The van der Waals surface area contributed by atoms with Crippen molar-refractivity contribution in [1.82, 2.24) is 14.5 Å². The molecule has 1 aromatic heterocycles. The monoisotopic (exact) mass is 440 g/mol. The van der Waals surface area contributed by atoms with Gasteiger partial charge in [0.2, 0.25) is 5.95 Å². The summed E-state index contributed by atoms with van der Waals surface area (Å²) in [6.45, 7) is 3.76. The number of halogens is 1. The fourth-order valence-electron chi connectivity index (χ4n) is 4.46. The zero-order chi connectivity index (χ0) is 22.5. The van der Waals surface area contributed by atoms with Crippen molar-refractivity contribution in [3.05, 3.63) is 102 Å². The Bertz CT molecular complexity index is 1210. The minimum atomic E-state index is -0.210. The molecule has 0 amide bonds. The average Bonchev–Trinajstić information content (AvgIpc) is 3.19. The summed E-state index contributed by atoms with van der Waals surface area (Å²) in [6, 6.07) is 25.8. The van der Waals surface area contributed by atoms with E-state index >= 15 is 0 Å². The number of rotatable bonds is 7. The van der Waals surface area contributed by atoms with E-state index in [2.05, 4.69) is 57.3 Å². The van der Waals surface area contributed by atoms with Crippen LogP contribution in [-0.2, 0) is 6.54 Å². The SMILES string of the molecule is Fc1ccc(Cn2c(NC3CCN(C/C=C/c4ccccc4)CC3)nc3ccccc32)cc1. The lowest BCUT2D eigenvalue weighted by atomic mass is 10.1. The third-order valence-corrected chi connectivity index (χ3v) is 6.30. The van der Waals surface area contributed by atoms with Gasteiger partial charge in [0.15, 0.2) is 0 Å². The molecule has 4 aromatic rings. The topological polar surface area (TPSA) is 33.1 Å². The number of nitrogens with one attached hydrogen (secondary N) is 1. The van der Waals surface area contributed by atoms with Gasteiger partial charge in [-0.15, -0.1) is 0 Å². The van der Waals surface area contributed by atoms with Crippen molar-refractivity contribution in [1.29, 1.82) is 0 Å². The molecule has 0 saturated carbocycles. The number of imidazole rings is 1. The van der Waals surface area contributed by atoms with Crippen LogP contribution in [0.2, 0.25) is 0 Å². The molecule has 0 aliphatic carbocycles. The first-order valence-corrected chi connectivity index (χ1v) is 11.6. The summed E-state index contributed by atoms with van der Waals surface area (Å²) in [4.78, 5) is 7.37. The van der Waals surface area contributed by atoms with Gasteiger partial charge in [0.1, 0.15) is 5.82 Å². The summed E-state index contributed by atoms with van der Waals surface area (Å²) in [5.74, 6) is 0.681. The third-order valence-electron chi connectivity index (χ3n) is 6.30. The van der Waals surface area contributed by atoms with Crippen LogP contribution in [-0.4, -0.2) is 40.1 Å². The minimum Gasteiger partial charge on any atom is -0.353 e.